The van der Waals surface area contributed by atoms with Crippen LogP contribution in [0.25, 0.3) is 0 Å². The van der Waals surface area contributed by atoms with Gasteiger partial charge < -0.3 is 18.9 Å². The molecule has 2 fully saturated rings. The van der Waals surface area contributed by atoms with Gasteiger partial charge in [0.15, 0.2) is 12.2 Å². The maximum Gasteiger partial charge on any atom is 0.508 e. The van der Waals surface area contributed by atoms with Gasteiger partial charge in [-0.25, -0.2) is 4.79 Å². The summed E-state index contributed by atoms with van der Waals surface area (Å²) in [4.78, 5) is 10.5. The minimum Gasteiger partial charge on any atom is -0.462 e. The van der Waals surface area contributed by atoms with Crippen LogP contribution in [0.4, 0.5) is 4.79 Å². The van der Waals surface area contributed by atoms with Crippen LogP contribution in [0, 0.1) is 0 Å². The average molecular weight is 172 g/mol. The summed E-state index contributed by atoms with van der Waals surface area (Å²) in [5.74, 6) is 0.267. The minimum absolute atomic E-state index is 0.222. The van der Waals surface area contributed by atoms with Crippen molar-refractivity contribution in [2.75, 3.05) is 13.2 Å². The molecular formula is C7H8O5. The molecule has 0 aliphatic carbocycles. The Morgan fingerprint density at radius 1 is 1.17 bits per heavy atom. The lowest BCUT2D eigenvalue weighted by Gasteiger charge is -2.10. The van der Waals surface area contributed by atoms with Crippen LogP contribution >= 0.6 is 0 Å². The fourth-order valence-corrected chi connectivity index (χ4v) is 1.12. The highest BCUT2D eigenvalue weighted by Gasteiger charge is 2.38. The van der Waals surface area contributed by atoms with Crippen LogP contribution in [0.5, 0.6) is 0 Å². The minimum atomic E-state index is -0.652. The molecule has 0 N–H and O–H groups in total. The third-order valence-electron chi connectivity index (χ3n) is 1.72. The average Bonchev–Trinajstić information content (AvgIpc) is 2.58. The van der Waals surface area contributed by atoms with Crippen molar-refractivity contribution in [2.24, 2.45) is 0 Å². The predicted molar refractivity (Wildman–Crippen MR) is 36.2 cm³/mol. The standard InChI is InChI=1S/C7H8O5/c1-4-9-2-5(11-4)6-3-10-7(8)12-6/h5-6H,1-3H2. The summed E-state index contributed by atoms with van der Waals surface area (Å²) >= 11 is 0. The van der Waals surface area contributed by atoms with Crippen molar-refractivity contribution in [3.05, 3.63) is 12.5 Å². The molecule has 12 heavy (non-hydrogen) atoms. The van der Waals surface area contributed by atoms with Crippen molar-refractivity contribution < 1.29 is 23.7 Å². The maximum absolute atomic E-state index is 10.5. The van der Waals surface area contributed by atoms with Gasteiger partial charge in [0.1, 0.15) is 13.2 Å². The normalized spacial score (nSPS) is 33.7. The van der Waals surface area contributed by atoms with Crippen molar-refractivity contribution >= 4 is 6.16 Å². The van der Waals surface area contributed by atoms with Gasteiger partial charge in [0, 0.05) is 0 Å². The molecule has 2 rings (SSSR count). The molecular weight excluding hydrogens is 164 g/mol. The molecule has 0 radical (unpaired) electrons. The first-order valence-corrected chi connectivity index (χ1v) is 3.57. The summed E-state index contributed by atoms with van der Waals surface area (Å²) in [5, 5.41) is 0. The number of cyclic esters (lactones) is 2. The number of ether oxygens (including phenoxy) is 4. The zero-order valence-electron chi connectivity index (χ0n) is 6.32. The van der Waals surface area contributed by atoms with E-state index in [1.54, 1.807) is 0 Å². The van der Waals surface area contributed by atoms with Crippen molar-refractivity contribution in [1.29, 1.82) is 0 Å². The highest BCUT2D eigenvalue weighted by Crippen LogP contribution is 2.21. The Bertz CT molecular complexity index is 200. The Morgan fingerprint density at radius 2 is 1.83 bits per heavy atom. The van der Waals surface area contributed by atoms with Gasteiger partial charge in [-0.05, 0) is 6.58 Å². The maximum atomic E-state index is 10.5. The first-order valence-electron chi connectivity index (χ1n) is 3.57. The summed E-state index contributed by atoms with van der Waals surface area (Å²) in [6.07, 6.45) is -1.29. The molecule has 0 aromatic heterocycles. The van der Waals surface area contributed by atoms with Gasteiger partial charge >= 0.3 is 6.16 Å². The summed E-state index contributed by atoms with van der Waals surface area (Å²) in [6, 6.07) is 0. The van der Waals surface area contributed by atoms with Gasteiger partial charge in [0.2, 0.25) is 0 Å². The molecule has 0 spiro atoms. The van der Waals surface area contributed by atoms with Gasteiger partial charge in [-0.15, -0.1) is 0 Å². The third-order valence-corrected chi connectivity index (χ3v) is 1.72. The van der Waals surface area contributed by atoms with Crippen LogP contribution in [0.2, 0.25) is 0 Å². The lowest BCUT2D eigenvalue weighted by Crippen LogP contribution is -2.29. The second-order valence-corrected chi connectivity index (χ2v) is 2.56. The zero-order chi connectivity index (χ0) is 8.55. The van der Waals surface area contributed by atoms with Crippen molar-refractivity contribution in [1.82, 2.24) is 0 Å². The first-order chi connectivity index (χ1) is 5.75. The monoisotopic (exact) mass is 172 g/mol. The Labute approximate surface area is 68.8 Å². The van der Waals surface area contributed by atoms with E-state index in [0.717, 1.165) is 0 Å². The topological polar surface area (TPSA) is 54.0 Å². The largest absolute Gasteiger partial charge is 0.508 e. The van der Waals surface area contributed by atoms with Crippen LogP contribution in [-0.4, -0.2) is 31.6 Å². The Balaban J connectivity index is 1.93. The van der Waals surface area contributed by atoms with Crippen LogP contribution in [-0.2, 0) is 18.9 Å². The highest BCUT2D eigenvalue weighted by molar-refractivity contribution is 5.61. The zero-order valence-corrected chi connectivity index (χ0v) is 6.32. The van der Waals surface area contributed by atoms with Crippen LogP contribution < -0.4 is 0 Å². The highest BCUT2D eigenvalue weighted by atomic mass is 16.8. The Hall–Kier alpha value is -1.39. The van der Waals surface area contributed by atoms with Crippen LogP contribution in [0.1, 0.15) is 0 Å². The third kappa shape index (κ3) is 1.17. The lowest BCUT2D eigenvalue weighted by molar-refractivity contribution is 0.0385. The fraction of sp³-hybridized carbons (Fsp3) is 0.571. The lowest BCUT2D eigenvalue weighted by atomic mass is 10.2. The molecule has 0 saturated carbocycles. The molecule has 5 nitrogen and oxygen atoms in total. The molecule has 2 aliphatic rings. The van der Waals surface area contributed by atoms with E-state index in [2.05, 4.69) is 11.3 Å². The van der Waals surface area contributed by atoms with Gasteiger partial charge in [0.05, 0.1) is 0 Å². The number of rotatable bonds is 1. The number of carbonyl (C=O) groups excluding carboxylic acids is 1. The number of carbonyl (C=O) groups is 1. The second kappa shape index (κ2) is 2.58. The summed E-state index contributed by atoms with van der Waals surface area (Å²) in [7, 11) is 0. The van der Waals surface area contributed by atoms with E-state index in [4.69, 9.17) is 14.2 Å². The van der Waals surface area contributed by atoms with E-state index in [0.29, 0.717) is 6.61 Å². The second-order valence-electron chi connectivity index (χ2n) is 2.56. The predicted octanol–water partition coefficient (Wildman–Crippen LogP) is 0.408. The first kappa shape index (κ1) is 7.27. The van der Waals surface area contributed by atoms with E-state index in [9.17, 15) is 4.79 Å². The van der Waals surface area contributed by atoms with Crippen molar-refractivity contribution in [3.8, 4) is 0 Å². The molecule has 2 aliphatic heterocycles. The fourth-order valence-electron chi connectivity index (χ4n) is 1.12. The molecule has 2 atom stereocenters. The van der Waals surface area contributed by atoms with Crippen molar-refractivity contribution in [2.45, 2.75) is 12.2 Å². The number of hydrogen-bond acceptors (Lipinski definition) is 5. The summed E-state index contributed by atoms with van der Waals surface area (Å²) < 4.78 is 19.4. The van der Waals surface area contributed by atoms with E-state index >= 15 is 0 Å². The molecule has 2 heterocycles. The van der Waals surface area contributed by atoms with E-state index in [-0.39, 0.29) is 24.8 Å². The van der Waals surface area contributed by atoms with Gasteiger partial charge in [0.25, 0.3) is 5.95 Å². The quantitative estimate of drug-likeness (QED) is 0.536. The van der Waals surface area contributed by atoms with Crippen LogP contribution in [0.3, 0.4) is 0 Å². The molecule has 0 bridgehead atoms. The van der Waals surface area contributed by atoms with Crippen molar-refractivity contribution in [3.63, 3.8) is 0 Å². The van der Waals surface area contributed by atoms with Gasteiger partial charge in [-0.1, -0.05) is 0 Å². The van der Waals surface area contributed by atoms with Crippen LogP contribution in [0.15, 0.2) is 12.5 Å². The molecule has 0 aromatic rings. The summed E-state index contributed by atoms with van der Waals surface area (Å²) in [5.41, 5.74) is 0. The summed E-state index contributed by atoms with van der Waals surface area (Å²) in [6.45, 7) is 4.05. The van der Waals surface area contributed by atoms with Gasteiger partial charge in [-0.3, -0.25) is 0 Å². The SMILES string of the molecule is C=C1OCC(C2COC(=O)O2)O1. The molecule has 2 unspecified atom stereocenters. The molecule has 66 valence electrons. The molecule has 0 aromatic carbocycles. The number of hydrogen-bond donors (Lipinski definition) is 0. The van der Waals surface area contributed by atoms with E-state index < -0.39 is 6.16 Å². The molecule has 2 saturated heterocycles. The smallest absolute Gasteiger partial charge is 0.462 e. The Morgan fingerprint density at radius 3 is 2.33 bits per heavy atom. The molecule has 5 heteroatoms. The molecule has 0 amide bonds. The van der Waals surface area contributed by atoms with E-state index in [1.165, 1.54) is 0 Å². The van der Waals surface area contributed by atoms with E-state index in [1.807, 2.05) is 0 Å². The van der Waals surface area contributed by atoms with Gasteiger partial charge in [-0.2, -0.15) is 0 Å². The Kier molecular flexibility index (Phi) is 1.56.